The van der Waals surface area contributed by atoms with Crippen molar-refractivity contribution in [3.05, 3.63) is 88.5 Å². The maximum absolute atomic E-state index is 13.2. The average molecular weight is 409 g/mol. The molecule has 0 saturated heterocycles. The minimum atomic E-state index is -0.154. The molecule has 0 bridgehead atoms. The summed E-state index contributed by atoms with van der Waals surface area (Å²) >= 11 is 7.44. The predicted molar refractivity (Wildman–Crippen MR) is 113 cm³/mol. The van der Waals surface area contributed by atoms with Crippen molar-refractivity contribution in [3.8, 4) is 11.3 Å². The van der Waals surface area contributed by atoms with Gasteiger partial charge in [-0.1, -0.05) is 54.1 Å². The average Bonchev–Trinajstić information content (AvgIpc) is 3.38. The van der Waals surface area contributed by atoms with Crippen LogP contribution >= 0.6 is 22.9 Å². The lowest BCUT2D eigenvalue weighted by atomic mass is 10.1. The molecule has 2 aromatic carbocycles. The summed E-state index contributed by atoms with van der Waals surface area (Å²) in [6, 6.07) is 17.4. The van der Waals surface area contributed by atoms with Gasteiger partial charge in [0.1, 0.15) is 5.69 Å². The van der Waals surface area contributed by atoms with Crippen molar-refractivity contribution in [2.45, 2.75) is 6.54 Å². The first kappa shape index (κ1) is 18.4. The first-order chi connectivity index (χ1) is 13.6. The molecule has 2 aromatic heterocycles. The standard InChI is InChI=1S/C21H17ClN4OS/c1-25(21-23-11-12-28-21)20(27)18-14-26(13-15-5-3-2-4-6-15)24-19(18)16-7-9-17(22)10-8-16/h2-12,14H,13H2,1H3. The van der Waals surface area contributed by atoms with Gasteiger partial charge >= 0.3 is 0 Å². The summed E-state index contributed by atoms with van der Waals surface area (Å²) in [6.07, 6.45) is 3.48. The van der Waals surface area contributed by atoms with Crippen LogP contribution in [0.2, 0.25) is 5.02 Å². The number of anilines is 1. The van der Waals surface area contributed by atoms with Gasteiger partial charge in [-0.05, 0) is 17.7 Å². The number of benzene rings is 2. The summed E-state index contributed by atoms with van der Waals surface area (Å²) in [6.45, 7) is 0.579. The van der Waals surface area contributed by atoms with Crippen molar-refractivity contribution < 1.29 is 4.79 Å². The van der Waals surface area contributed by atoms with Crippen molar-refractivity contribution in [2.24, 2.45) is 0 Å². The van der Waals surface area contributed by atoms with Crippen LogP contribution in [-0.4, -0.2) is 27.7 Å². The van der Waals surface area contributed by atoms with E-state index < -0.39 is 0 Å². The van der Waals surface area contributed by atoms with Gasteiger partial charge in [-0.25, -0.2) is 4.98 Å². The van der Waals surface area contributed by atoms with Crippen molar-refractivity contribution >= 4 is 34.0 Å². The van der Waals surface area contributed by atoms with Crippen LogP contribution in [0.1, 0.15) is 15.9 Å². The Hall–Kier alpha value is -2.96. The normalized spacial score (nSPS) is 10.8. The summed E-state index contributed by atoms with van der Waals surface area (Å²) < 4.78 is 1.79. The molecule has 0 aliphatic rings. The van der Waals surface area contributed by atoms with Gasteiger partial charge in [-0.3, -0.25) is 14.4 Å². The van der Waals surface area contributed by atoms with Crippen molar-refractivity contribution in [3.63, 3.8) is 0 Å². The third-order valence-corrected chi connectivity index (χ3v) is 5.41. The van der Waals surface area contributed by atoms with Crippen LogP contribution in [0.5, 0.6) is 0 Å². The van der Waals surface area contributed by atoms with Crippen LogP contribution in [0.25, 0.3) is 11.3 Å². The Labute approximate surface area is 171 Å². The molecule has 0 N–H and O–H groups in total. The Bertz CT molecular complexity index is 1080. The summed E-state index contributed by atoms with van der Waals surface area (Å²) in [4.78, 5) is 19.0. The van der Waals surface area contributed by atoms with Gasteiger partial charge in [0.15, 0.2) is 5.13 Å². The topological polar surface area (TPSA) is 51.0 Å². The highest BCUT2D eigenvalue weighted by molar-refractivity contribution is 7.13. The van der Waals surface area contributed by atoms with Crippen molar-refractivity contribution in [1.82, 2.24) is 14.8 Å². The fourth-order valence-corrected chi connectivity index (χ4v) is 3.63. The van der Waals surface area contributed by atoms with Crippen LogP contribution < -0.4 is 4.90 Å². The number of halogens is 1. The second kappa shape index (κ2) is 7.96. The highest BCUT2D eigenvalue weighted by Crippen LogP contribution is 2.27. The second-order valence-electron chi connectivity index (χ2n) is 6.26. The molecular formula is C21H17ClN4OS. The van der Waals surface area contributed by atoms with E-state index in [0.717, 1.165) is 11.1 Å². The minimum absolute atomic E-state index is 0.154. The molecule has 28 heavy (non-hydrogen) atoms. The molecule has 5 nitrogen and oxygen atoms in total. The number of hydrogen-bond acceptors (Lipinski definition) is 4. The van der Waals surface area contributed by atoms with Gasteiger partial charge in [0.05, 0.1) is 12.1 Å². The zero-order valence-electron chi connectivity index (χ0n) is 15.1. The molecule has 0 saturated carbocycles. The SMILES string of the molecule is CN(C(=O)c1cn(Cc2ccccc2)nc1-c1ccc(Cl)cc1)c1nccs1. The highest BCUT2D eigenvalue weighted by Gasteiger charge is 2.23. The predicted octanol–water partition coefficient (Wildman–Crippen LogP) is 4.98. The largest absolute Gasteiger partial charge is 0.287 e. The Morgan fingerprint density at radius 3 is 2.57 bits per heavy atom. The second-order valence-corrected chi connectivity index (χ2v) is 7.57. The molecule has 0 unspecified atom stereocenters. The van der Waals surface area contributed by atoms with Gasteiger partial charge in [-0.15, -0.1) is 11.3 Å². The molecule has 0 atom stereocenters. The Morgan fingerprint density at radius 2 is 1.89 bits per heavy atom. The molecule has 0 aliphatic carbocycles. The van der Waals surface area contributed by atoms with Crippen molar-refractivity contribution in [2.75, 3.05) is 11.9 Å². The van der Waals surface area contributed by atoms with E-state index in [9.17, 15) is 4.79 Å². The molecule has 4 rings (SSSR count). The number of aromatic nitrogens is 3. The monoisotopic (exact) mass is 408 g/mol. The zero-order valence-corrected chi connectivity index (χ0v) is 16.7. The number of carbonyl (C=O) groups is 1. The molecule has 0 aliphatic heterocycles. The molecule has 2 heterocycles. The molecule has 4 aromatic rings. The lowest BCUT2D eigenvalue weighted by Gasteiger charge is -2.13. The van der Waals surface area contributed by atoms with Gasteiger partial charge in [-0.2, -0.15) is 5.10 Å². The van der Waals surface area contributed by atoms with E-state index in [4.69, 9.17) is 16.7 Å². The summed E-state index contributed by atoms with van der Waals surface area (Å²) in [5.74, 6) is -0.154. The summed E-state index contributed by atoms with van der Waals surface area (Å²) in [7, 11) is 1.72. The Kier molecular flexibility index (Phi) is 5.23. The lowest BCUT2D eigenvalue weighted by Crippen LogP contribution is -2.26. The molecule has 140 valence electrons. The van der Waals surface area contributed by atoms with Crippen LogP contribution in [-0.2, 0) is 6.54 Å². The van der Waals surface area contributed by atoms with Crippen LogP contribution in [0, 0.1) is 0 Å². The number of rotatable bonds is 5. The van der Waals surface area contributed by atoms with Gasteiger partial charge in [0.2, 0.25) is 0 Å². The van der Waals surface area contributed by atoms with E-state index in [1.807, 2.05) is 47.8 Å². The summed E-state index contributed by atoms with van der Waals surface area (Å²) in [5.41, 5.74) is 3.10. The van der Waals surface area contributed by atoms with E-state index in [2.05, 4.69) is 4.98 Å². The Morgan fingerprint density at radius 1 is 1.14 bits per heavy atom. The fourth-order valence-electron chi connectivity index (χ4n) is 2.90. The number of amides is 1. The highest BCUT2D eigenvalue weighted by atomic mass is 35.5. The van der Waals surface area contributed by atoms with E-state index in [0.29, 0.717) is 28.0 Å². The van der Waals surface area contributed by atoms with Crippen LogP contribution in [0.4, 0.5) is 5.13 Å². The molecule has 7 heteroatoms. The quantitative estimate of drug-likeness (QED) is 0.467. The first-order valence-electron chi connectivity index (χ1n) is 8.66. The third kappa shape index (κ3) is 3.83. The Balaban J connectivity index is 1.74. The maximum Gasteiger partial charge on any atom is 0.263 e. The molecule has 0 spiro atoms. The summed E-state index contributed by atoms with van der Waals surface area (Å²) in [5, 5.41) is 7.83. The van der Waals surface area contributed by atoms with Crippen molar-refractivity contribution in [1.29, 1.82) is 0 Å². The lowest BCUT2D eigenvalue weighted by molar-refractivity contribution is 0.0993. The molecule has 1 amide bonds. The molecular weight excluding hydrogens is 392 g/mol. The van der Waals surface area contributed by atoms with Crippen LogP contribution in [0.15, 0.2) is 72.4 Å². The number of nitrogens with zero attached hydrogens (tertiary/aromatic N) is 4. The van der Waals surface area contributed by atoms with E-state index in [1.165, 1.54) is 11.3 Å². The number of thiazole rings is 1. The third-order valence-electron chi connectivity index (χ3n) is 4.31. The van der Waals surface area contributed by atoms with E-state index >= 15 is 0 Å². The number of hydrogen-bond donors (Lipinski definition) is 0. The smallest absolute Gasteiger partial charge is 0.263 e. The molecule has 0 radical (unpaired) electrons. The first-order valence-corrected chi connectivity index (χ1v) is 9.92. The van der Waals surface area contributed by atoms with Gasteiger partial charge in [0.25, 0.3) is 5.91 Å². The maximum atomic E-state index is 13.2. The minimum Gasteiger partial charge on any atom is -0.287 e. The van der Waals surface area contributed by atoms with E-state index in [1.54, 1.807) is 41.2 Å². The zero-order chi connectivity index (χ0) is 19.5. The van der Waals surface area contributed by atoms with E-state index in [-0.39, 0.29) is 5.91 Å². The fraction of sp³-hybridized carbons (Fsp3) is 0.0952. The van der Waals surface area contributed by atoms with Gasteiger partial charge < -0.3 is 0 Å². The number of carbonyl (C=O) groups excluding carboxylic acids is 1. The van der Waals surface area contributed by atoms with Crippen LogP contribution in [0.3, 0.4) is 0 Å². The van der Waals surface area contributed by atoms with Gasteiger partial charge in [0, 0.05) is 35.4 Å². The molecule has 0 fully saturated rings.